The van der Waals surface area contributed by atoms with Crippen LogP contribution in [0.25, 0.3) is 11.3 Å². The Morgan fingerprint density at radius 3 is 2.33 bits per heavy atom. The second-order valence-electron chi connectivity index (χ2n) is 15.4. The van der Waals surface area contributed by atoms with Crippen molar-refractivity contribution in [2.45, 2.75) is 57.8 Å². The van der Waals surface area contributed by atoms with E-state index < -0.39 is 0 Å². The fraction of sp³-hybridized carbons (Fsp3) is 0.222. The van der Waals surface area contributed by atoms with Gasteiger partial charge in [0.25, 0.3) is 0 Å². The van der Waals surface area contributed by atoms with Crippen molar-refractivity contribution in [2.75, 3.05) is 4.90 Å². The summed E-state index contributed by atoms with van der Waals surface area (Å²) in [7, 11) is 0. The maximum atomic E-state index is 6.80. The summed E-state index contributed by atoms with van der Waals surface area (Å²) >= 11 is 0. The molecule has 0 fully saturated rings. The molecule has 0 saturated carbocycles. The Morgan fingerprint density at radius 2 is 1.55 bits per heavy atom. The van der Waals surface area contributed by atoms with Crippen LogP contribution in [0.15, 0.2) is 114 Å². The van der Waals surface area contributed by atoms with Crippen LogP contribution in [0.3, 0.4) is 0 Å². The van der Waals surface area contributed by atoms with Crippen molar-refractivity contribution in [1.82, 2.24) is 9.97 Å². The Labute approximate surface area is 313 Å². The van der Waals surface area contributed by atoms with E-state index in [2.05, 4.69) is 129 Å². The molecule has 2 aliphatic heterocycles. The number of nitrogens with zero attached hydrogens (tertiary/aromatic N) is 4. The second kappa shape index (κ2) is 11.9. The quantitative estimate of drug-likeness (QED) is 0.166. The van der Waals surface area contributed by atoms with Crippen molar-refractivity contribution in [3.8, 4) is 22.9 Å². The molecule has 4 heterocycles. The molecular weight excluding hydrogens is 808 g/mol. The molecule has 1 unspecified atom stereocenters. The van der Waals surface area contributed by atoms with Crippen LogP contribution in [0.5, 0.6) is 11.6 Å². The SMILES string of the molecule is CC(C)(C)c1cc(Oc2[c-]c(-c3ccccn3)c3c(c2)CC2(Cc4ccccc4C2)C3)nc(N2C3=Nc4ccccc4C3c3ccc[c-]c32)c1.[Pt+2]. The minimum absolute atomic E-state index is 0. The summed E-state index contributed by atoms with van der Waals surface area (Å²) in [5, 5.41) is 0. The van der Waals surface area contributed by atoms with Crippen LogP contribution in [-0.2, 0) is 52.2 Å². The number of aliphatic imine (C=N–C) groups is 1. The molecule has 0 radical (unpaired) electrons. The first-order valence-corrected chi connectivity index (χ1v) is 17.6. The fourth-order valence-corrected chi connectivity index (χ4v) is 8.71. The van der Waals surface area contributed by atoms with E-state index in [0.29, 0.717) is 11.6 Å². The fourth-order valence-electron chi connectivity index (χ4n) is 8.71. The van der Waals surface area contributed by atoms with Gasteiger partial charge in [-0.25, -0.2) is 4.99 Å². The van der Waals surface area contributed by atoms with Crippen molar-refractivity contribution in [3.63, 3.8) is 0 Å². The number of hydrogen-bond donors (Lipinski definition) is 0. The largest absolute Gasteiger partial charge is 2.00 e. The third-order valence-corrected chi connectivity index (χ3v) is 11.0. The Bertz CT molecular complexity index is 2350. The molecule has 5 nitrogen and oxygen atoms in total. The molecule has 1 spiro atoms. The van der Waals surface area contributed by atoms with E-state index in [1.165, 1.54) is 33.4 Å². The Morgan fingerprint density at radius 1 is 0.804 bits per heavy atom. The summed E-state index contributed by atoms with van der Waals surface area (Å²) in [6.45, 7) is 6.68. The summed E-state index contributed by atoms with van der Waals surface area (Å²) in [5.41, 5.74) is 13.1. The van der Waals surface area contributed by atoms with Crippen LogP contribution >= 0.6 is 0 Å². The number of para-hydroxylation sites is 2. The van der Waals surface area contributed by atoms with Gasteiger partial charge in [-0.15, -0.1) is 22.3 Å². The molecule has 0 saturated heterocycles. The van der Waals surface area contributed by atoms with Gasteiger partial charge in [0.15, 0.2) is 0 Å². The molecule has 1 atom stereocenters. The van der Waals surface area contributed by atoms with Crippen LogP contribution in [-0.4, -0.2) is 15.8 Å². The summed E-state index contributed by atoms with van der Waals surface area (Å²) in [6.07, 6.45) is 6.07. The molecule has 4 aliphatic rings. The van der Waals surface area contributed by atoms with Crippen LogP contribution in [0.2, 0.25) is 0 Å². The minimum Gasteiger partial charge on any atom is -0.459 e. The van der Waals surface area contributed by atoms with E-state index in [4.69, 9.17) is 19.7 Å². The number of aromatic nitrogens is 2. The van der Waals surface area contributed by atoms with Crippen molar-refractivity contribution in [3.05, 3.63) is 160 Å². The molecule has 6 heteroatoms. The van der Waals surface area contributed by atoms with Crippen LogP contribution in [0, 0.1) is 17.5 Å². The van der Waals surface area contributed by atoms with Gasteiger partial charge in [-0.05, 0) is 76.2 Å². The van der Waals surface area contributed by atoms with E-state index in [1.807, 2.05) is 18.3 Å². The summed E-state index contributed by atoms with van der Waals surface area (Å²) in [6, 6.07) is 43.3. The zero-order valence-electron chi connectivity index (χ0n) is 28.8. The van der Waals surface area contributed by atoms with Gasteiger partial charge >= 0.3 is 21.1 Å². The number of fused-ring (bicyclic) bond motifs is 7. The number of ether oxygens (including phenoxy) is 1. The Balaban J connectivity index is 0.00000348. The zero-order chi connectivity index (χ0) is 33.6. The smallest absolute Gasteiger partial charge is 0.459 e. The number of hydrogen-bond acceptors (Lipinski definition) is 5. The van der Waals surface area contributed by atoms with E-state index >= 15 is 0 Å². The van der Waals surface area contributed by atoms with Gasteiger partial charge in [-0.2, -0.15) is 29.2 Å². The maximum absolute atomic E-state index is 6.80. The molecule has 0 N–H and O–H groups in total. The molecule has 6 aromatic rings. The first-order chi connectivity index (χ1) is 24.3. The van der Waals surface area contributed by atoms with Crippen LogP contribution < -0.4 is 9.64 Å². The van der Waals surface area contributed by atoms with E-state index in [9.17, 15) is 0 Å². The van der Waals surface area contributed by atoms with Gasteiger partial charge in [0.05, 0.1) is 5.69 Å². The van der Waals surface area contributed by atoms with E-state index in [0.717, 1.165) is 65.5 Å². The number of anilines is 2. The van der Waals surface area contributed by atoms with E-state index in [1.54, 1.807) is 0 Å². The molecular formula is C45H36N4OPt. The molecule has 0 bridgehead atoms. The first kappa shape index (κ1) is 32.1. The van der Waals surface area contributed by atoms with Crippen LogP contribution in [0.1, 0.15) is 65.6 Å². The first-order valence-electron chi connectivity index (χ1n) is 17.6. The zero-order valence-corrected chi connectivity index (χ0v) is 31.1. The number of amidine groups is 1. The molecule has 0 amide bonds. The molecule has 2 aromatic heterocycles. The Hall–Kier alpha value is -4.86. The van der Waals surface area contributed by atoms with Gasteiger partial charge in [0.2, 0.25) is 5.88 Å². The van der Waals surface area contributed by atoms with E-state index in [-0.39, 0.29) is 37.8 Å². The molecule has 4 aromatic carbocycles. The molecule has 2 aliphatic carbocycles. The van der Waals surface area contributed by atoms with Gasteiger partial charge in [-0.1, -0.05) is 99.6 Å². The third-order valence-electron chi connectivity index (χ3n) is 11.0. The minimum atomic E-state index is -0.150. The van der Waals surface area contributed by atoms with Gasteiger partial charge < -0.3 is 14.6 Å². The van der Waals surface area contributed by atoms with Crippen molar-refractivity contribution in [1.29, 1.82) is 0 Å². The molecule has 252 valence electrons. The topological polar surface area (TPSA) is 50.6 Å². The molecule has 10 rings (SSSR count). The van der Waals surface area contributed by atoms with Crippen molar-refractivity contribution < 1.29 is 25.8 Å². The third kappa shape index (κ3) is 5.28. The van der Waals surface area contributed by atoms with Crippen LogP contribution in [0.4, 0.5) is 17.2 Å². The number of pyridine rings is 2. The van der Waals surface area contributed by atoms with Crippen molar-refractivity contribution in [2.24, 2.45) is 10.4 Å². The maximum Gasteiger partial charge on any atom is 2.00 e. The second-order valence-corrected chi connectivity index (χ2v) is 15.4. The summed E-state index contributed by atoms with van der Waals surface area (Å²) in [4.78, 5) is 17.3. The standard InChI is InChI=1S/C45H36N4O.Pt/c1-44(2,3)31-21-40(49-39-18-9-7-15-34(39)42-33-14-6-8-17-38(33)47-43(42)49)48-41(22-31)50-32-20-30-26-45(24-28-12-4-5-13-29(28)25-45)27-36(30)35(23-32)37-16-10-11-19-46-37;/h4-17,19-22,42H,24-27H2,1-3H3;/q-2;+2. The number of benzene rings is 4. The average molecular weight is 844 g/mol. The monoisotopic (exact) mass is 843 g/mol. The summed E-state index contributed by atoms with van der Waals surface area (Å²) < 4.78 is 6.80. The predicted octanol–water partition coefficient (Wildman–Crippen LogP) is 10.0. The van der Waals surface area contributed by atoms with Crippen molar-refractivity contribution >= 4 is 23.0 Å². The van der Waals surface area contributed by atoms with Gasteiger partial charge in [-0.3, -0.25) is 0 Å². The average Bonchev–Trinajstić information content (AvgIpc) is 3.86. The van der Waals surface area contributed by atoms with Gasteiger partial charge in [0.1, 0.15) is 11.7 Å². The normalized spacial score (nSPS) is 17.3. The summed E-state index contributed by atoms with van der Waals surface area (Å²) in [5.74, 6) is 2.98. The molecule has 51 heavy (non-hydrogen) atoms. The van der Waals surface area contributed by atoms with Gasteiger partial charge in [0, 0.05) is 23.9 Å². The number of rotatable bonds is 4. The Kier molecular flexibility index (Phi) is 7.45. The predicted molar refractivity (Wildman–Crippen MR) is 198 cm³/mol.